The van der Waals surface area contributed by atoms with E-state index in [1.807, 2.05) is 12.2 Å². The molecule has 1 aliphatic carbocycles. The van der Waals surface area contributed by atoms with Crippen molar-refractivity contribution in [2.24, 2.45) is 11.8 Å². The number of carbonyl (C=O) groups is 2. The van der Waals surface area contributed by atoms with E-state index in [9.17, 15) is 19.8 Å². The molecule has 2 N–H and O–H groups in total. The Morgan fingerprint density at radius 1 is 1.38 bits per heavy atom. The predicted molar refractivity (Wildman–Crippen MR) is 96.0 cm³/mol. The number of carbonyl (C=O) groups excluding carboxylic acids is 2. The lowest BCUT2D eigenvalue weighted by molar-refractivity contribution is -0.150. The molecular formula is C20H28O6. The van der Waals surface area contributed by atoms with E-state index in [0.717, 1.165) is 11.1 Å². The first-order valence-electron chi connectivity index (χ1n) is 9.04. The topological polar surface area (TPSA) is 93.1 Å². The molecule has 0 aromatic heterocycles. The van der Waals surface area contributed by atoms with Gasteiger partial charge < -0.3 is 19.7 Å². The van der Waals surface area contributed by atoms with Crippen molar-refractivity contribution in [2.75, 3.05) is 13.2 Å². The molecule has 0 radical (unpaired) electrons. The van der Waals surface area contributed by atoms with Crippen molar-refractivity contribution in [1.82, 2.24) is 0 Å². The number of rotatable bonds is 5. The second-order valence-electron chi connectivity index (χ2n) is 7.07. The molecular weight excluding hydrogens is 336 g/mol. The van der Waals surface area contributed by atoms with E-state index in [1.165, 1.54) is 0 Å². The van der Waals surface area contributed by atoms with Crippen LogP contribution in [0.1, 0.15) is 39.5 Å². The van der Waals surface area contributed by atoms with Gasteiger partial charge in [-0.15, -0.1) is 0 Å². The normalized spacial score (nSPS) is 30.2. The fraction of sp³-hybridized carbons (Fsp3) is 0.600. The number of hydrogen-bond donors (Lipinski definition) is 2. The Morgan fingerprint density at radius 2 is 2.12 bits per heavy atom. The fourth-order valence-electron chi connectivity index (χ4n) is 3.10. The Labute approximate surface area is 154 Å². The molecule has 0 aromatic carbocycles. The van der Waals surface area contributed by atoms with Crippen LogP contribution in [0.3, 0.4) is 0 Å². The van der Waals surface area contributed by atoms with Crippen molar-refractivity contribution in [3.63, 3.8) is 0 Å². The molecule has 1 fully saturated rings. The molecule has 1 aliphatic heterocycles. The summed E-state index contributed by atoms with van der Waals surface area (Å²) < 4.78 is 10.7. The standard InChI is InChI=1S/C20H28O6/c1-12(14(3)22)19(23)25-11-15-5-4-6-16(10-21)9-18-17(8-7-15)13(2)20(24)26-18/h6-7,12,14,17-18,21-22H,2,4-5,8-11H2,1,3H3/b15-7-,16-6-/t12-,14+,17-,18+/m1/s1. The number of ether oxygens (including phenoxy) is 2. The van der Waals surface area contributed by atoms with Gasteiger partial charge in [-0.25, -0.2) is 4.79 Å². The molecule has 1 heterocycles. The summed E-state index contributed by atoms with van der Waals surface area (Å²) in [4.78, 5) is 23.8. The minimum atomic E-state index is -0.763. The molecule has 0 spiro atoms. The number of hydrogen-bond acceptors (Lipinski definition) is 6. The van der Waals surface area contributed by atoms with Gasteiger partial charge >= 0.3 is 11.9 Å². The lowest BCUT2D eigenvalue weighted by Crippen LogP contribution is -2.25. The van der Waals surface area contributed by atoms with E-state index in [0.29, 0.717) is 31.3 Å². The number of fused-ring (bicyclic) bond motifs is 1. The van der Waals surface area contributed by atoms with E-state index in [2.05, 4.69) is 6.58 Å². The van der Waals surface area contributed by atoms with Gasteiger partial charge in [-0.3, -0.25) is 4.79 Å². The number of aliphatic hydroxyl groups is 2. The highest BCUT2D eigenvalue weighted by Gasteiger charge is 2.38. The molecule has 1 saturated heterocycles. The fourth-order valence-corrected chi connectivity index (χ4v) is 3.10. The highest BCUT2D eigenvalue weighted by molar-refractivity contribution is 5.90. The van der Waals surface area contributed by atoms with Crippen molar-refractivity contribution in [2.45, 2.75) is 51.7 Å². The quantitative estimate of drug-likeness (QED) is 0.441. The van der Waals surface area contributed by atoms with Crippen LogP contribution in [0, 0.1) is 11.8 Å². The lowest BCUT2D eigenvalue weighted by Gasteiger charge is -2.20. The Kier molecular flexibility index (Phi) is 7.17. The van der Waals surface area contributed by atoms with Crippen LogP contribution in [0.15, 0.2) is 35.5 Å². The second-order valence-corrected chi connectivity index (χ2v) is 7.07. The monoisotopic (exact) mass is 364 g/mol. The summed E-state index contributed by atoms with van der Waals surface area (Å²) in [6.45, 7) is 7.09. The highest BCUT2D eigenvalue weighted by Crippen LogP contribution is 2.34. The van der Waals surface area contributed by atoms with Crippen molar-refractivity contribution in [3.05, 3.63) is 35.5 Å². The Bertz CT molecular complexity index is 616. The Morgan fingerprint density at radius 3 is 2.77 bits per heavy atom. The molecule has 6 nitrogen and oxygen atoms in total. The molecule has 0 unspecified atom stereocenters. The number of allylic oxidation sites excluding steroid dienone is 2. The first-order valence-corrected chi connectivity index (χ1v) is 9.04. The van der Waals surface area contributed by atoms with Gasteiger partial charge in [0, 0.05) is 17.9 Å². The smallest absolute Gasteiger partial charge is 0.334 e. The average Bonchev–Trinajstić information content (AvgIpc) is 2.88. The molecule has 2 aliphatic rings. The van der Waals surface area contributed by atoms with Crippen LogP contribution in [0.25, 0.3) is 0 Å². The SMILES string of the molecule is C=C1C(=O)O[C@H]2C/C(CO)=C/CC/C(COC(=O)[C@H](C)[C@H](C)O)=C/C[C@H]12. The Balaban J connectivity index is 2.10. The Hall–Kier alpha value is -1.92. The van der Waals surface area contributed by atoms with Gasteiger partial charge in [-0.05, 0) is 44.3 Å². The molecule has 144 valence electrons. The number of esters is 2. The number of aliphatic hydroxyl groups excluding tert-OH is 2. The molecule has 0 saturated carbocycles. The summed E-state index contributed by atoms with van der Waals surface area (Å²) in [5, 5.41) is 19.0. The third-order valence-electron chi connectivity index (χ3n) is 5.14. The van der Waals surface area contributed by atoms with Crippen molar-refractivity contribution >= 4 is 11.9 Å². The molecule has 0 bridgehead atoms. The second kappa shape index (κ2) is 9.14. The maximum Gasteiger partial charge on any atom is 0.334 e. The van der Waals surface area contributed by atoms with E-state index >= 15 is 0 Å². The first-order chi connectivity index (χ1) is 12.3. The van der Waals surface area contributed by atoms with Crippen LogP contribution >= 0.6 is 0 Å². The summed E-state index contributed by atoms with van der Waals surface area (Å²) in [5.74, 6) is -1.55. The van der Waals surface area contributed by atoms with Gasteiger partial charge in [0.05, 0.1) is 18.6 Å². The summed E-state index contributed by atoms with van der Waals surface area (Å²) in [5.41, 5.74) is 2.23. The first kappa shape index (κ1) is 20.4. The van der Waals surface area contributed by atoms with Crippen LogP contribution in [0.4, 0.5) is 0 Å². The van der Waals surface area contributed by atoms with E-state index in [1.54, 1.807) is 13.8 Å². The molecule has 0 amide bonds. The summed E-state index contributed by atoms with van der Waals surface area (Å²) >= 11 is 0. The van der Waals surface area contributed by atoms with E-state index < -0.39 is 18.0 Å². The van der Waals surface area contributed by atoms with E-state index in [-0.39, 0.29) is 31.2 Å². The van der Waals surface area contributed by atoms with E-state index in [4.69, 9.17) is 9.47 Å². The molecule has 0 aromatic rings. The summed E-state index contributed by atoms with van der Waals surface area (Å²) in [7, 11) is 0. The van der Waals surface area contributed by atoms with Crippen LogP contribution in [-0.4, -0.2) is 47.6 Å². The largest absolute Gasteiger partial charge is 0.461 e. The third kappa shape index (κ3) is 5.05. The van der Waals surface area contributed by atoms with Crippen LogP contribution in [-0.2, 0) is 19.1 Å². The minimum Gasteiger partial charge on any atom is -0.461 e. The summed E-state index contributed by atoms with van der Waals surface area (Å²) in [6.07, 6.45) is 5.34. The van der Waals surface area contributed by atoms with Gasteiger partial charge in [0.15, 0.2) is 0 Å². The van der Waals surface area contributed by atoms with Crippen LogP contribution < -0.4 is 0 Å². The molecule has 4 atom stereocenters. The minimum absolute atomic E-state index is 0.0762. The molecule has 26 heavy (non-hydrogen) atoms. The van der Waals surface area contributed by atoms with Crippen LogP contribution in [0.5, 0.6) is 0 Å². The summed E-state index contributed by atoms with van der Waals surface area (Å²) in [6, 6.07) is 0. The van der Waals surface area contributed by atoms with Crippen LogP contribution in [0.2, 0.25) is 0 Å². The van der Waals surface area contributed by atoms with Crippen molar-refractivity contribution in [3.8, 4) is 0 Å². The zero-order valence-corrected chi connectivity index (χ0v) is 15.4. The highest BCUT2D eigenvalue weighted by atomic mass is 16.6. The van der Waals surface area contributed by atoms with Gasteiger partial charge in [-0.1, -0.05) is 18.7 Å². The lowest BCUT2D eigenvalue weighted by atomic mass is 9.87. The van der Waals surface area contributed by atoms with Crippen molar-refractivity contribution < 1.29 is 29.3 Å². The maximum absolute atomic E-state index is 11.9. The predicted octanol–water partition coefficient (Wildman–Crippen LogP) is 2.06. The van der Waals surface area contributed by atoms with Crippen molar-refractivity contribution in [1.29, 1.82) is 0 Å². The van der Waals surface area contributed by atoms with Gasteiger partial charge in [0.1, 0.15) is 12.7 Å². The third-order valence-corrected chi connectivity index (χ3v) is 5.14. The zero-order chi connectivity index (χ0) is 19.3. The van der Waals surface area contributed by atoms with Gasteiger partial charge in [0.25, 0.3) is 0 Å². The molecule has 6 heteroatoms. The van der Waals surface area contributed by atoms with Gasteiger partial charge in [0.2, 0.25) is 0 Å². The zero-order valence-electron chi connectivity index (χ0n) is 15.4. The average molecular weight is 364 g/mol. The van der Waals surface area contributed by atoms with Gasteiger partial charge in [-0.2, -0.15) is 0 Å². The molecule has 2 rings (SSSR count). The maximum atomic E-state index is 11.9.